The zero-order chi connectivity index (χ0) is 11.2. The zero-order valence-corrected chi connectivity index (χ0v) is 11.0. The van der Waals surface area contributed by atoms with Gasteiger partial charge in [-0.05, 0) is 19.8 Å². The van der Waals surface area contributed by atoms with Crippen molar-refractivity contribution in [3.8, 4) is 0 Å². The van der Waals surface area contributed by atoms with E-state index in [0.29, 0.717) is 0 Å². The van der Waals surface area contributed by atoms with E-state index in [2.05, 4.69) is 17.2 Å². The second kappa shape index (κ2) is 6.36. The van der Waals surface area contributed by atoms with Crippen molar-refractivity contribution in [1.82, 2.24) is 10.3 Å². The smallest absolute Gasteiger partial charge is 0.107 e. The Morgan fingerprint density at radius 3 is 2.56 bits per heavy atom. The molecule has 3 heteroatoms. The van der Waals surface area contributed by atoms with E-state index in [4.69, 9.17) is 0 Å². The van der Waals surface area contributed by atoms with Gasteiger partial charge in [0.2, 0.25) is 0 Å². The highest BCUT2D eigenvalue weighted by Crippen LogP contribution is 2.18. The average molecular weight is 238 g/mol. The quantitative estimate of drug-likeness (QED) is 0.869. The first-order chi connectivity index (χ1) is 7.84. The fourth-order valence-electron chi connectivity index (χ4n) is 2.38. The van der Waals surface area contributed by atoms with E-state index >= 15 is 0 Å². The first kappa shape index (κ1) is 12.1. The van der Waals surface area contributed by atoms with Crippen LogP contribution in [0.1, 0.15) is 54.8 Å². The molecule has 1 saturated carbocycles. The van der Waals surface area contributed by atoms with Gasteiger partial charge in [-0.3, -0.25) is 0 Å². The fraction of sp³-hybridized carbons (Fsp3) is 0.769. The minimum Gasteiger partial charge on any atom is -0.308 e. The molecule has 2 rings (SSSR count). The monoisotopic (exact) mass is 238 g/mol. The van der Waals surface area contributed by atoms with Crippen LogP contribution in [0.5, 0.6) is 0 Å². The number of hydrogen-bond donors (Lipinski definition) is 1. The molecule has 0 radical (unpaired) electrons. The zero-order valence-electron chi connectivity index (χ0n) is 10.2. The lowest BCUT2D eigenvalue weighted by Crippen LogP contribution is -2.29. The topological polar surface area (TPSA) is 24.9 Å². The van der Waals surface area contributed by atoms with Crippen LogP contribution in [-0.4, -0.2) is 11.0 Å². The predicted molar refractivity (Wildman–Crippen MR) is 69.8 cm³/mol. The summed E-state index contributed by atoms with van der Waals surface area (Å²) in [5.74, 6) is 0. The van der Waals surface area contributed by atoms with Crippen molar-refractivity contribution in [1.29, 1.82) is 0 Å². The summed E-state index contributed by atoms with van der Waals surface area (Å²) >= 11 is 1.81. The molecular weight excluding hydrogens is 216 g/mol. The van der Waals surface area contributed by atoms with Gasteiger partial charge in [0, 0.05) is 23.7 Å². The number of hydrogen-bond acceptors (Lipinski definition) is 3. The van der Waals surface area contributed by atoms with Gasteiger partial charge >= 0.3 is 0 Å². The lowest BCUT2D eigenvalue weighted by atomic mass is 9.97. The highest BCUT2D eigenvalue weighted by atomic mass is 32.1. The van der Waals surface area contributed by atoms with Crippen LogP contribution in [0.4, 0.5) is 0 Å². The number of rotatable bonds is 3. The van der Waals surface area contributed by atoms with Gasteiger partial charge in [-0.15, -0.1) is 11.3 Å². The minimum atomic E-state index is 0.726. The normalized spacial score (nSPS) is 19.3. The van der Waals surface area contributed by atoms with Gasteiger partial charge in [0.15, 0.2) is 0 Å². The number of aromatic nitrogens is 1. The Morgan fingerprint density at radius 2 is 1.94 bits per heavy atom. The number of aryl methyl sites for hydroxylation is 1. The van der Waals surface area contributed by atoms with E-state index in [0.717, 1.165) is 12.6 Å². The lowest BCUT2D eigenvalue weighted by molar-refractivity contribution is 0.389. The molecule has 2 nitrogen and oxygen atoms in total. The van der Waals surface area contributed by atoms with E-state index in [1.807, 2.05) is 17.5 Å². The van der Waals surface area contributed by atoms with Gasteiger partial charge in [-0.25, -0.2) is 4.98 Å². The van der Waals surface area contributed by atoms with E-state index < -0.39 is 0 Å². The molecule has 1 aromatic heterocycles. The Labute approximate surface area is 102 Å². The summed E-state index contributed by atoms with van der Waals surface area (Å²) in [5.41, 5.74) is 0. The van der Waals surface area contributed by atoms with Crippen molar-refractivity contribution < 1.29 is 0 Å². The summed E-state index contributed by atoms with van der Waals surface area (Å²) in [6.45, 7) is 3.08. The van der Waals surface area contributed by atoms with Gasteiger partial charge in [0.05, 0.1) is 0 Å². The summed E-state index contributed by atoms with van der Waals surface area (Å²) in [4.78, 5) is 5.71. The maximum absolute atomic E-state index is 4.40. The third-order valence-corrected chi connectivity index (χ3v) is 4.23. The number of thiazole rings is 1. The average Bonchev–Trinajstić information content (AvgIpc) is 2.63. The van der Waals surface area contributed by atoms with Crippen molar-refractivity contribution in [2.45, 2.75) is 64.5 Å². The van der Waals surface area contributed by atoms with E-state index in [9.17, 15) is 0 Å². The molecule has 1 N–H and O–H groups in total. The molecule has 0 spiro atoms. The van der Waals surface area contributed by atoms with Gasteiger partial charge in [0.25, 0.3) is 0 Å². The van der Waals surface area contributed by atoms with Crippen LogP contribution in [0.15, 0.2) is 6.20 Å². The Kier molecular flexibility index (Phi) is 4.79. The van der Waals surface area contributed by atoms with Crippen molar-refractivity contribution in [2.24, 2.45) is 0 Å². The molecule has 1 aliphatic rings. The van der Waals surface area contributed by atoms with Gasteiger partial charge in [-0.2, -0.15) is 0 Å². The van der Waals surface area contributed by atoms with Crippen molar-refractivity contribution in [2.75, 3.05) is 0 Å². The third-order valence-electron chi connectivity index (χ3n) is 3.32. The van der Waals surface area contributed by atoms with Crippen molar-refractivity contribution in [3.05, 3.63) is 16.1 Å². The Bertz CT molecular complexity index is 301. The second-order valence-corrected chi connectivity index (χ2v) is 6.11. The van der Waals surface area contributed by atoms with Gasteiger partial charge < -0.3 is 5.32 Å². The molecule has 0 amide bonds. The molecule has 0 unspecified atom stereocenters. The molecule has 1 heterocycles. The molecule has 0 atom stereocenters. The Balaban J connectivity index is 1.75. The summed E-state index contributed by atoms with van der Waals surface area (Å²) < 4.78 is 0. The van der Waals surface area contributed by atoms with E-state index in [1.165, 1.54) is 54.8 Å². The minimum absolute atomic E-state index is 0.726. The van der Waals surface area contributed by atoms with Crippen molar-refractivity contribution in [3.63, 3.8) is 0 Å². The molecule has 1 aliphatic carbocycles. The molecule has 1 fully saturated rings. The molecule has 0 bridgehead atoms. The van der Waals surface area contributed by atoms with Crippen LogP contribution < -0.4 is 5.32 Å². The Hall–Kier alpha value is -0.410. The Morgan fingerprint density at radius 1 is 1.25 bits per heavy atom. The number of nitrogens with zero attached hydrogens (tertiary/aromatic N) is 1. The van der Waals surface area contributed by atoms with Gasteiger partial charge in [-0.1, -0.05) is 32.1 Å². The van der Waals surface area contributed by atoms with Gasteiger partial charge in [0.1, 0.15) is 5.01 Å². The molecule has 0 aromatic carbocycles. The van der Waals surface area contributed by atoms with Crippen LogP contribution in [-0.2, 0) is 6.54 Å². The summed E-state index contributed by atoms with van der Waals surface area (Å²) in [6.07, 6.45) is 11.8. The molecule has 0 saturated heterocycles. The highest BCUT2D eigenvalue weighted by Gasteiger charge is 2.11. The summed E-state index contributed by atoms with van der Waals surface area (Å²) in [7, 11) is 0. The standard InChI is InChI=1S/C13H22N2S/c1-11-9-15-13(16-11)10-14-12-7-5-3-2-4-6-8-12/h9,12,14H,2-8,10H2,1H3. The fourth-order valence-corrected chi connectivity index (χ4v) is 3.11. The molecular formula is C13H22N2S. The van der Waals surface area contributed by atoms with Crippen LogP contribution >= 0.6 is 11.3 Å². The van der Waals surface area contributed by atoms with Crippen LogP contribution in [0.2, 0.25) is 0 Å². The third kappa shape index (κ3) is 3.87. The maximum Gasteiger partial charge on any atom is 0.107 e. The predicted octanol–water partition coefficient (Wildman–Crippen LogP) is 3.65. The lowest BCUT2D eigenvalue weighted by Gasteiger charge is -2.20. The maximum atomic E-state index is 4.40. The van der Waals surface area contributed by atoms with E-state index in [-0.39, 0.29) is 0 Å². The molecule has 1 aromatic rings. The summed E-state index contributed by atoms with van der Waals surface area (Å²) in [6, 6.07) is 0.726. The summed E-state index contributed by atoms with van der Waals surface area (Å²) in [5, 5.41) is 4.90. The highest BCUT2D eigenvalue weighted by molar-refractivity contribution is 7.11. The van der Waals surface area contributed by atoms with Crippen LogP contribution in [0.25, 0.3) is 0 Å². The first-order valence-electron chi connectivity index (χ1n) is 6.49. The number of nitrogens with one attached hydrogen (secondary N) is 1. The van der Waals surface area contributed by atoms with Crippen molar-refractivity contribution >= 4 is 11.3 Å². The molecule has 0 aliphatic heterocycles. The van der Waals surface area contributed by atoms with Crippen LogP contribution in [0.3, 0.4) is 0 Å². The first-order valence-corrected chi connectivity index (χ1v) is 7.31. The van der Waals surface area contributed by atoms with E-state index in [1.54, 1.807) is 0 Å². The SMILES string of the molecule is Cc1cnc(CNC2CCCCCCC2)s1. The molecule has 90 valence electrons. The second-order valence-electron chi connectivity index (χ2n) is 4.79. The largest absolute Gasteiger partial charge is 0.308 e. The van der Waals surface area contributed by atoms with Crippen LogP contribution in [0, 0.1) is 6.92 Å². The molecule has 16 heavy (non-hydrogen) atoms.